The Morgan fingerprint density at radius 3 is 1.67 bits per heavy atom. The quantitative estimate of drug-likeness (QED) is 0.149. The zero-order valence-corrected chi connectivity index (χ0v) is 42.6. The number of benzene rings is 8. The van der Waals surface area contributed by atoms with Gasteiger partial charge in [0.2, 0.25) is 11.4 Å². The third-order valence-electron chi connectivity index (χ3n) is 14.4. The van der Waals surface area contributed by atoms with Gasteiger partial charge in [0.15, 0.2) is 0 Å². The van der Waals surface area contributed by atoms with Gasteiger partial charge in [0.05, 0.1) is 33.7 Å². The molecule has 12 rings (SSSR count). The molecule has 0 amide bonds. The van der Waals surface area contributed by atoms with Gasteiger partial charge in [0.1, 0.15) is 17.3 Å². The number of hydrogen-bond donors (Lipinski definition) is 0. The predicted octanol–water partition coefficient (Wildman–Crippen LogP) is 17.5. The van der Waals surface area contributed by atoms with Gasteiger partial charge in [-0.2, -0.15) is 0 Å². The Bertz CT molecular complexity index is 3980. The number of pyridine rings is 1. The Hall–Kier alpha value is -8.31. The Balaban J connectivity index is 1.00. The SMILES string of the molecule is CC(C)(C)c1cc([N+]2=C=[N+](c3cccc(Oc4ccc5c6ccccc6n(-c6cc(C(C)(C)C)ccn6)c5c4)c3)c3cccc(-c4cccc(-n5c6ccccc6c6ccccc65)c4)c32)cc(C(C)(C)C)c1. The van der Waals surface area contributed by atoms with Crippen LogP contribution < -0.4 is 13.9 Å². The van der Waals surface area contributed by atoms with Gasteiger partial charge < -0.3 is 9.30 Å². The lowest BCUT2D eigenvalue weighted by molar-refractivity contribution is 0.483. The first-order chi connectivity index (χ1) is 34.6. The van der Waals surface area contributed by atoms with Crippen LogP contribution in [-0.4, -0.2) is 20.1 Å². The van der Waals surface area contributed by atoms with Crippen LogP contribution in [0.25, 0.3) is 66.2 Å². The summed E-state index contributed by atoms with van der Waals surface area (Å²) in [5, 5.41) is 4.81. The summed E-state index contributed by atoms with van der Waals surface area (Å²) in [6, 6.07) is 71.7. The maximum absolute atomic E-state index is 6.86. The first-order valence-electron chi connectivity index (χ1n) is 25.1. The highest BCUT2D eigenvalue weighted by atomic mass is 16.5. The minimum absolute atomic E-state index is 0.0235. The van der Waals surface area contributed by atoms with E-state index in [1.54, 1.807) is 0 Å². The molecule has 0 radical (unpaired) electrons. The predicted molar refractivity (Wildman–Crippen MR) is 302 cm³/mol. The van der Waals surface area contributed by atoms with Gasteiger partial charge in [-0.1, -0.05) is 147 Å². The van der Waals surface area contributed by atoms with Crippen molar-refractivity contribution in [1.29, 1.82) is 0 Å². The van der Waals surface area contributed by atoms with E-state index in [4.69, 9.17) is 9.72 Å². The zero-order chi connectivity index (χ0) is 49.7. The van der Waals surface area contributed by atoms with E-state index in [2.05, 4.69) is 269 Å². The number of para-hydroxylation sites is 4. The van der Waals surface area contributed by atoms with Crippen molar-refractivity contribution >= 4 is 72.4 Å². The third-order valence-corrected chi connectivity index (χ3v) is 14.4. The van der Waals surface area contributed by atoms with E-state index in [9.17, 15) is 0 Å². The van der Waals surface area contributed by atoms with Gasteiger partial charge in [-0.25, -0.2) is 4.98 Å². The van der Waals surface area contributed by atoms with Gasteiger partial charge in [-0.05, 0) is 114 Å². The second-order valence-corrected chi connectivity index (χ2v) is 22.4. The van der Waals surface area contributed by atoms with Crippen molar-refractivity contribution in [2.24, 2.45) is 0 Å². The molecule has 0 spiro atoms. The van der Waals surface area contributed by atoms with E-state index >= 15 is 0 Å². The Labute approximate surface area is 422 Å². The third kappa shape index (κ3) is 7.71. The van der Waals surface area contributed by atoms with Gasteiger partial charge in [0.25, 0.3) is 5.69 Å². The summed E-state index contributed by atoms with van der Waals surface area (Å²) < 4.78 is 16.0. The second-order valence-electron chi connectivity index (χ2n) is 22.4. The number of rotatable bonds is 7. The van der Waals surface area contributed by atoms with E-state index in [1.807, 2.05) is 12.3 Å². The first-order valence-corrected chi connectivity index (χ1v) is 25.1. The summed E-state index contributed by atoms with van der Waals surface area (Å²) in [7, 11) is 0. The number of hydrogen-bond acceptors (Lipinski definition) is 2. The highest BCUT2D eigenvalue weighted by Gasteiger charge is 2.40. The van der Waals surface area contributed by atoms with Crippen LogP contribution in [0.5, 0.6) is 11.5 Å². The molecule has 1 aliphatic rings. The van der Waals surface area contributed by atoms with Gasteiger partial charge in [0, 0.05) is 63.8 Å². The van der Waals surface area contributed by atoms with Crippen molar-refractivity contribution in [2.75, 3.05) is 0 Å². The molecule has 6 nitrogen and oxygen atoms in total. The van der Waals surface area contributed by atoms with E-state index in [-0.39, 0.29) is 16.2 Å². The molecule has 0 N–H and O–H groups in total. The van der Waals surface area contributed by atoms with Crippen LogP contribution in [0, 0.1) is 0 Å². The van der Waals surface area contributed by atoms with Crippen molar-refractivity contribution in [3.8, 4) is 34.1 Å². The van der Waals surface area contributed by atoms with Gasteiger partial charge >= 0.3 is 11.7 Å². The molecule has 352 valence electrons. The molecular formula is C66H59N5O+2. The molecule has 0 saturated heterocycles. The van der Waals surface area contributed by atoms with Crippen LogP contribution in [0.2, 0.25) is 0 Å². The van der Waals surface area contributed by atoms with Crippen molar-refractivity contribution in [3.05, 3.63) is 211 Å². The Kier molecular flexibility index (Phi) is 10.4. The number of nitrogens with zero attached hydrogens (tertiary/aromatic N) is 5. The van der Waals surface area contributed by atoms with Crippen molar-refractivity contribution in [3.63, 3.8) is 0 Å². The van der Waals surface area contributed by atoms with Crippen LogP contribution in [-0.2, 0) is 16.2 Å². The fourth-order valence-electron chi connectivity index (χ4n) is 10.5. The lowest BCUT2D eigenvalue weighted by Gasteiger charge is -2.24. The van der Waals surface area contributed by atoms with Gasteiger partial charge in [-0.15, -0.1) is 0 Å². The maximum atomic E-state index is 6.86. The molecule has 0 saturated carbocycles. The summed E-state index contributed by atoms with van der Waals surface area (Å²) in [6.07, 6.45) is 1.92. The molecule has 1 aliphatic heterocycles. The molecule has 11 aromatic rings. The fourth-order valence-corrected chi connectivity index (χ4v) is 10.5. The monoisotopic (exact) mass is 937 g/mol. The van der Waals surface area contributed by atoms with Crippen molar-refractivity contribution in [2.45, 2.75) is 78.6 Å². The molecule has 4 heterocycles. The van der Waals surface area contributed by atoms with Crippen molar-refractivity contribution < 1.29 is 4.74 Å². The van der Waals surface area contributed by atoms with Gasteiger partial charge in [-0.3, -0.25) is 4.57 Å². The first kappa shape index (κ1) is 44.9. The average molecular weight is 938 g/mol. The van der Waals surface area contributed by atoms with E-state index in [1.165, 1.54) is 43.9 Å². The van der Waals surface area contributed by atoms with Crippen molar-refractivity contribution in [1.82, 2.24) is 23.3 Å². The van der Waals surface area contributed by atoms with Crippen LogP contribution in [0.3, 0.4) is 0 Å². The minimum Gasteiger partial charge on any atom is -0.457 e. The van der Waals surface area contributed by atoms with Crippen LogP contribution in [0.4, 0.5) is 22.7 Å². The summed E-state index contributed by atoms with van der Waals surface area (Å²) in [5.74, 6) is 2.35. The molecule has 0 unspecified atom stereocenters. The molecule has 8 aromatic carbocycles. The molecule has 0 aliphatic carbocycles. The highest BCUT2D eigenvalue weighted by molar-refractivity contribution is 6.10. The smallest absolute Gasteiger partial charge is 0.457 e. The Morgan fingerprint density at radius 1 is 0.431 bits per heavy atom. The molecule has 0 fully saturated rings. The maximum Gasteiger partial charge on any atom is 0.503 e. The summed E-state index contributed by atoms with van der Waals surface area (Å²) >= 11 is 0. The summed E-state index contributed by atoms with van der Waals surface area (Å²) in [5.41, 5.74) is 15.6. The minimum atomic E-state index is -0.0789. The topological polar surface area (TPSA) is 38.0 Å². The normalized spacial score (nSPS) is 13.0. The average Bonchev–Trinajstić information content (AvgIpc) is 4.04. The number of fused-ring (bicyclic) bond motifs is 7. The largest absolute Gasteiger partial charge is 0.503 e. The molecule has 6 heteroatoms. The fraction of sp³-hybridized carbons (Fsp3) is 0.182. The summed E-state index contributed by atoms with van der Waals surface area (Å²) in [4.78, 5) is 4.91. The molecule has 0 bridgehead atoms. The molecule has 3 aromatic heterocycles. The Morgan fingerprint density at radius 2 is 1.01 bits per heavy atom. The van der Waals surface area contributed by atoms with Crippen LogP contribution >= 0.6 is 0 Å². The molecule has 72 heavy (non-hydrogen) atoms. The standard InChI is InChI=1S/C66H59N5O/c1-64(2,3)44-33-34-67-62(39-44)71-59-29-15-12-25-55(59)56-32-31-51(41-61(56)71)72-50-22-17-20-47(40-50)68-42-69(49-37-45(65(4,5)6)36-46(38-49)66(7,8)9)63-52(26-18-30-60(63)68)43-19-16-21-48(35-43)70-57-27-13-10-23-53(57)54-24-11-14-28-58(54)70/h10-41H,1-9H3/q+2. The van der Waals surface area contributed by atoms with Crippen LogP contribution in [0.1, 0.15) is 79.0 Å². The summed E-state index contributed by atoms with van der Waals surface area (Å²) in [6.45, 7) is 20.5. The molecular weight excluding hydrogens is 879 g/mol. The lowest BCUT2D eigenvalue weighted by atomic mass is 9.80. The molecule has 0 atom stereocenters. The number of ether oxygens (including phenoxy) is 1. The zero-order valence-electron chi connectivity index (χ0n) is 42.6. The highest BCUT2D eigenvalue weighted by Crippen LogP contribution is 2.46. The number of aromatic nitrogens is 3. The van der Waals surface area contributed by atoms with E-state index < -0.39 is 0 Å². The lowest BCUT2D eigenvalue weighted by Crippen LogP contribution is -2.17. The van der Waals surface area contributed by atoms with Crippen LogP contribution in [0.15, 0.2) is 194 Å². The van der Waals surface area contributed by atoms with E-state index in [0.29, 0.717) is 0 Å². The van der Waals surface area contributed by atoms with E-state index in [0.717, 1.165) is 73.3 Å². The second kappa shape index (κ2) is 16.7.